The lowest BCUT2D eigenvalue weighted by molar-refractivity contribution is 0.0607. The molecule has 0 spiro atoms. The SMILES string of the molecule is CCCCCCCCN1C(=O)c2ccc3c4c(-c5cc(C(C)(C)C)cc(C(C)(C)C)c5)cc5c6c(ccc(c7c(-c8cc(C(C)(C)C)cc(C(C)(C)C)c8)cc(c2c37)C1=O)c64)C(=O)N(c1ccc2c(c1)C(CCCCCC)(CCCCCC)c1cc(N3c4ccccc4Sc4ccccc43)ccc1-2)C5=O. The average Bonchev–Trinajstić information content (AvgIpc) is 1.11. The van der Waals surface area contributed by atoms with Crippen molar-refractivity contribution < 1.29 is 19.2 Å². The second-order valence-corrected chi connectivity index (χ2v) is 36.2. The molecule has 8 heteroatoms. The maximum absolute atomic E-state index is 17.0. The highest BCUT2D eigenvalue weighted by atomic mass is 32.2. The normalized spacial score (nSPS) is 14.9. The summed E-state index contributed by atoms with van der Waals surface area (Å²) in [4.78, 5) is 72.6. The van der Waals surface area contributed by atoms with Crippen LogP contribution in [-0.2, 0) is 27.1 Å². The number of hydrogen-bond donors (Lipinski definition) is 0. The summed E-state index contributed by atoms with van der Waals surface area (Å²) in [5.41, 5.74) is 17.9. The van der Waals surface area contributed by atoms with Gasteiger partial charge >= 0.3 is 0 Å². The van der Waals surface area contributed by atoms with Crippen LogP contribution in [-0.4, -0.2) is 35.1 Å². The van der Waals surface area contributed by atoms with Crippen LogP contribution in [0.3, 0.4) is 0 Å². The summed E-state index contributed by atoms with van der Waals surface area (Å²) in [6.45, 7) is 34.3. The molecule has 4 aliphatic rings. The van der Waals surface area contributed by atoms with Gasteiger partial charge < -0.3 is 4.90 Å². The number of amides is 4. The second-order valence-electron chi connectivity index (χ2n) is 35.1. The Bertz CT molecular complexity index is 5230. The van der Waals surface area contributed by atoms with E-state index in [9.17, 15) is 0 Å². The summed E-state index contributed by atoms with van der Waals surface area (Å²) in [6.07, 6.45) is 16.9. The molecule has 3 aliphatic heterocycles. The number of carbonyl (C=O) groups excluding carboxylic acids is 4. The molecule has 11 aromatic rings. The van der Waals surface area contributed by atoms with Crippen LogP contribution in [0.25, 0.3) is 76.5 Å². The van der Waals surface area contributed by atoms with Crippen molar-refractivity contribution in [2.75, 3.05) is 16.3 Å². The molecule has 0 aromatic heterocycles. The average molecular weight is 1410 g/mol. The van der Waals surface area contributed by atoms with Gasteiger partial charge in [0, 0.05) is 60.5 Å². The molecule has 4 amide bonds. The molecule has 0 saturated carbocycles. The molecular formula is C97H105N3O4S. The van der Waals surface area contributed by atoms with Crippen LogP contribution in [0.15, 0.2) is 168 Å². The maximum Gasteiger partial charge on any atom is 0.266 e. The number of para-hydroxylation sites is 2. The largest absolute Gasteiger partial charge is 0.308 e. The van der Waals surface area contributed by atoms with Gasteiger partial charge in [0.15, 0.2) is 0 Å². The lowest BCUT2D eigenvalue weighted by Crippen LogP contribution is -2.41. The van der Waals surface area contributed by atoms with Crippen LogP contribution in [0.2, 0.25) is 0 Å². The fourth-order valence-corrected chi connectivity index (χ4v) is 18.9. The number of anilines is 4. The van der Waals surface area contributed by atoms with Crippen LogP contribution in [0.1, 0.15) is 281 Å². The van der Waals surface area contributed by atoms with E-state index in [0.717, 1.165) is 168 Å². The molecule has 0 fully saturated rings. The van der Waals surface area contributed by atoms with Crippen molar-refractivity contribution in [2.45, 2.75) is 243 Å². The van der Waals surface area contributed by atoms with Crippen LogP contribution in [0, 0.1) is 0 Å². The van der Waals surface area contributed by atoms with Crippen molar-refractivity contribution >= 4 is 101 Å². The van der Waals surface area contributed by atoms with E-state index in [1.165, 1.54) is 70.8 Å². The lowest BCUT2D eigenvalue weighted by Gasteiger charge is -2.36. The Morgan fingerprint density at radius 1 is 0.324 bits per heavy atom. The van der Waals surface area contributed by atoms with Gasteiger partial charge in [0.1, 0.15) is 0 Å². The van der Waals surface area contributed by atoms with E-state index in [-0.39, 0.29) is 45.3 Å². The Labute approximate surface area is 627 Å². The molecule has 15 rings (SSSR count). The Balaban J connectivity index is 0.985. The van der Waals surface area contributed by atoms with Crippen molar-refractivity contribution in [3.8, 4) is 33.4 Å². The van der Waals surface area contributed by atoms with E-state index in [4.69, 9.17) is 0 Å². The van der Waals surface area contributed by atoms with Gasteiger partial charge in [-0.2, -0.15) is 0 Å². The molecular weight excluding hydrogens is 1300 g/mol. The zero-order valence-corrected chi connectivity index (χ0v) is 65.7. The minimum absolute atomic E-state index is 0.236. The van der Waals surface area contributed by atoms with Gasteiger partial charge in [-0.3, -0.25) is 24.1 Å². The number of fused-ring (bicyclic) bond motifs is 7. The summed E-state index contributed by atoms with van der Waals surface area (Å²) in [7, 11) is 0. The van der Waals surface area contributed by atoms with Crippen molar-refractivity contribution in [1.82, 2.24) is 4.90 Å². The Morgan fingerprint density at radius 3 is 1.14 bits per heavy atom. The first-order valence-corrected chi connectivity index (χ1v) is 40.3. The van der Waals surface area contributed by atoms with E-state index in [0.29, 0.717) is 45.3 Å². The second kappa shape index (κ2) is 27.2. The van der Waals surface area contributed by atoms with Gasteiger partial charge in [-0.25, -0.2) is 4.90 Å². The maximum atomic E-state index is 17.0. The number of benzene rings is 11. The summed E-state index contributed by atoms with van der Waals surface area (Å²) >= 11 is 1.83. The Hall–Kier alpha value is -8.85. The smallest absolute Gasteiger partial charge is 0.266 e. The van der Waals surface area contributed by atoms with Gasteiger partial charge in [-0.15, -0.1) is 0 Å². The molecule has 1 aliphatic carbocycles. The third-order valence-corrected chi connectivity index (χ3v) is 24.9. The third-order valence-electron chi connectivity index (χ3n) is 23.8. The fraction of sp³-hybridized carbons (Fsp3) is 0.381. The Kier molecular flexibility index (Phi) is 18.6. The molecule has 11 aromatic carbocycles. The number of nitrogens with zero attached hydrogens (tertiary/aromatic N) is 3. The first kappa shape index (κ1) is 71.7. The number of unbranched alkanes of at least 4 members (excludes halogenated alkanes) is 11. The van der Waals surface area contributed by atoms with Gasteiger partial charge in [0.2, 0.25) is 0 Å². The monoisotopic (exact) mass is 1410 g/mol. The minimum Gasteiger partial charge on any atom is -0.308 e. The van der Waals surface area contributed by atoms with Crippen LogP contribution in [0.5, 0.6) is 0 Å². The van der Waals surface area contributed by atoms with Gasteiger partial charge in [0.05, 0.1) is 17.1 Å². The van der Waals surface area contributed by atoms with Crippen molar-refractivity contribution in [2.24, 2.45) is 0 Å². The van der Waals surface area contributed by atoms with E-state index in [1.54, 1.807) is 0 Å². The molecule has 105 heavy (non-hydrogen) atoms. The Morgan fingerprint density at radius 2 is 0.695 bits per heavy atom. The van der Waals surface area contributed by atoms with Crippen molar-refractivity contribution in [3.63, 3.8) is 0 Å². The molecule has 0 atom stereocenters. The van der Waals surface area contributed by atoms with Gasteiger partial charge in [-0.1, -0.05) is 284 Å². The quantitative estimate of drug-likeness (QED) is 0.0309. The van der Waals surface area contributed by atoms with Crippen molar-refractivity contribution in [3.05, 3.63) is 213 Å². The molecule has 0 radical (unpaired) electrons. The van der Waals surface area contributed by atoms with Crippen LogP contribution in [0.4, 0.5) is 22.7 Å². The summed E-state index contributed by atoms with van der Waals surface area (Å²) in [6, 6.07) is 57.5. The fourth-order valence-electron chi connectivity index (χ4n) is 17.9. The molecule has 3 heterocycles. The van der Waals surface area contributed by atoms with Crippen LogP contribution >= 0.6 is 11.8 Å². The molecule has 0 saturated heterocycles. The minimum atomic E-state index is -0.411. The zero-order valence-electron chi connectivity index (χ0n) is 64.9. The molecule has 0 N–H and O–H groups in total. The summed E-state index contributed by atoms with van der Waals surface area (Å²) in [5.74, 6) is -1.26. The molecule has 0 bridgehead atoms. The number of hydrogen-bond acceptors (Lipinski definition) is 6. The van der Waals surface area contributed by atoms with Crippen molar-refractivity contribution in [1.29, 1.82) is 0 Å². The predicted octanol–water partition coefficient (Wildman–Crippen LogP) is 27.2. The van der Waals surface area contributed by atoms with E-state index >= 15 is 19.2 Å². The van der Waals surface area contributed by atoms with Crippen LogP contribution < -0.4 is 9.80 Å². The summed E-state index contributed by atoms with van der Waals surface area (Å²) < 4.78 is 0. The third kappa shape index (κ3) is 12.3. The topological polar surface area (TPSA) is 78.0 Å². The first-order valence-electron chi connectivity index (χ1n) is 39.5. The predicted molar refractivity (Wildman–Crippen MR) is 442 cm³/mol. The highest BCUT2D eigenvalue weighted by Crippen LogP contribution is 2.60. The number of carbonyl (C=O) groups is 4. The zero-order chi connectivity index (χ0) is 74.0. The number of rotatable bonds is 21. The van der Waals surface area contributed by atoms with E-state index in [1.807, 2.05) is 30.0 Å². The molecule has 538 valence electrons. The lowest BCUT2D eigenvalue weighted by atomic mass is 9.70. The standard InChI is InChI=1S/C97H105N3O4S/c1-16-19-22-25-26-33-48-98-89(101)71-44-42-69-84-74(60-51-63(95(10,11)12)54-64(52-60)96(13,14)15)58-76-86-72(45-43-70(88(84)86)83-73(57-75(90(98)102)85(71)87(69)83)59-49-61(93(4,5)6)53-62(50-59)94(7,8)9)91(103)100(92(76)104)66-39-41-68-67-40-38-65(99-79-34-27-29-36-81(79)105-82-37-30-28-35-80(82)99)55-77(67)97(78(68)56-66,46-31-23-20-17-2)47-32-24-21-18-3/h27-30,34-45,49-58H,16-26,31-33,46-48H2,1-15H3. The van der Waals surface area contributed by atoms with Gasteiger partial charge in [-0.05, 0) is 213 Å². The summed E-state index contributed by atoms with van der Waals surface area (Å²) in [5, 5.41) is 6.48. The highest BCUT2D eigenvalue weighted by Gasteiger charge is 2.46. The van der Waals surface area contributed by atoms with Gasteiger partial charge in [0.25, 0.3) is 23.6 Å². The number of imide groups is 2. The first-order chi connectivity index (χ1) is 50.2. The van der Waals surface area contributed by atoms with E-state index in [2.05, 4.69) is 248 Å². The van der Waals surface area contributed by atoms with E-state index < -0.39 is 5.41 Å². The molecule has 7 nitrogen and oxygen atoms in total. The highest BCUT2D eigenvalue weighted by molar-refractivity contribution is 7.99. The molecule has 0 unspecified atom stereocenters.